The van der Waals surface area contributed by atoms with Crippen molar-refractivity contribution in [3.8, 4) is 0 Å². The van der Waals surface area contributed by atoms with Gasteiger partial charge in [0, 0.05) is 32.4 Å². The van der Waals surface area contributed by atoms with Crippen LogP contribution < -0.4 is 0 Å². The number of aliphatic hydroxyl groups excluding tert-OH is 2. The Morgan fingerprint density at radius 2 is 0.914 bits per heavy atom. The van der Waals surface area contributed by atoms with Gasteiger partial charge in [-0.3, -0.25) is 18.0 Å². The van der Waals surface area contributed by atoms with E-state index in [1.165, 1.54) is 47.8 Å². The Balaban J connectivity index is 0.000000332. The number of fused-ring (bicyclic) bond motifs is 2. The third-order valence-corrected chi connectivity index (χ3v) is 16.1. The number of hydrogen-bond acceptors (Lipinski definition) is 12. The minimum atomic E-state index is -4.26. The molecule has 0 fully saturated rings. The maximum atomic E-state index is 13.9. The molecule has 4 aromatic carbocycles. The van der Waals surface area contributed by atoms with Crippen LogP contribution in [0.2, 0.25) is 0 Å². The van der Waals surface area contributed by atoms with Gasteiger partial charge >= 0.3 is 0 Å². The van der Waals surface area contributed by atoms with Gasteiger partial charge in [-0.2, -0.15) is 16.8 Å². The molecule has 58 heavy (non-hydrogen) atoms. The zero-order chi connectivity index (χ0) is 42.9. The summed E-state index contributed by atoms with van der Waals surface area (Å²) in [5.74, 6) is -0.0383. The summed E-state index contributed by atoms with van der Waals surface area (Å²) in [5.41, 5.74) is 1.99. The lowest BCUT2D eigenvalue weighted by Crippen LogP contribution is -2.46. The molecule has 0 radical (unpaired) electrons. The largest absolute Gasteiger partial charge is 0.395 e. The molecule has 0 spiro atoms. The number of hydrogen-bond donors (Lipinski definition) is 2. The van der Waals surface area contributed by atoms with Crippen LogP contribution in [0, 0.1) is 24.7 Å². The van der Waals surface area contributed by atoms with Crippen LogP contribution in [0.1, 0.15) is 84.5 Å². The van der Waals surface area contributed by atoms with Gasteiger partial charge in [-0.25, -0.2) is 0 Å². The summed E-state index contributed by atoms with van der Waals surface area (Å²) in [6.45, 7) is 14.2. The first kappa shape index (κ1) is 45.7. The second kappa shape index (κ2) is 17.3. The third-order valence-electron chi connectivity index (χ3n) is 10.5. The highest BCUT2D eigenvalue weighted by molar-refractivity contribution is 7.99. The van der Waals surface area contributed by atoms with Gasteiger partial charge in [-0.15, -0.1) is 23.5 Å². The molecule has 0 unspecified atom stereocenters. The lowest BCUT2D eigenvalue weighted by molar-refractivity contribution is 0.0488. The summed E-state index contributed by atoms with van der Waals surface area (Å²) in [4.78, 5) is 27.8. The molecule has 6 rings (SSSR count). The lowest BCUT2D eigenvalue weighted by Gasteiger charge is -2.35. The SMILES string of the molecule is Cc1cccc2c1SCC(CO)(CO)C2=O.Cc1cccc2c1SCC(COS(=O)(=O)c1ccc(C(C)(C)C)cc1)(COS(=O)(=O)c1ccc(C(C)(C)C)cc1)C2=O. The summed E-state index contributed by atoms with van der Waals surface area (Å²) in [6, 6.07) is 23.6. The molecule has 14 heteroatoms. The predicted octanol–water partition coefficient (Wildman–Crippen LogP) is 7.93. The first-order chi connectivity index (χ1) is 27.0. The van der Waals surface area contributed by atoms with Crippen molar-refractivity contribution < 1.29 is 45.0 Å². The number of ketones is 2. The average molecular weight is 869 g/mol. The van der Waals surface area contributed by atoms with E-state index in [-0.39, 0.29) is 45.4 Å². The molecule has 0 aromatic heterocycles. The molecule has 2 aliphatic heterocycles. The number of thioether (sulfide) groups is 2. The first-order valence-electron chi connectivity index (χ1n) is 18.8. The van der Waals surface area contributed by atoms with E-state index in [2.05, 4.69) is 0 Å². The van der Waals surface area contributed by atoms with Crippen LogP contribution in [0.15, 0.2) is 105 Å². The van der Waals surface area contributed by atoms with Crippen LogP contribution in [0.25, 0.3) is 0 Å². The minimum Gasteiger partial charge on any atom is -0.395 e. The van der Waals surface area contributed by atoms with Crippen LogP contribution in [0.5, 0.6) is 0 Å². The Labute approximate surface area is 351 Å². The molecule has 2 aliphatic rings. The van der Waals surface area contributed by atoms with Gasteiger partial charge in [-0.05, 0) is 71.2 Å². The minimum absolute atomic E-state index is 0.0507. The Morgan fingerprint density at radius 1 is 0.569 bits per heavy atom. The van der Waals surface area contributed by atoms with E-state index < -0.39 is 50.1 Å². The molecule has 4 aromatic rings. The average Bonchev–Trinajstić information content (AvgIpc) is 3.18. The molecule has 312 valence electrons. The monoisotopic (exact) mass is 868 g/mol. The molecule has 2 N–H and O–H groups in total. The fourth-order valence-corrected chi connectivity index (χ4v) is 11.1. The van der Waals surface area contributed by atoms with Gasteiger partial charge in [0.1, 0.15) is 0 Å². The second-order valence-electron chi connectivity index (χ2n) is 17.0. The van der Waals surface area contributed by atoms with Gasteiger partial charge in [0.05, 0.1) is 47.0 Å². The fourth-order valence-electron chi connectivity index (χ4n) is 6.47. The third kappa shape index (κ3) is 9.65. The van der Waals surface area contributed by atoms with Gasteiger partial charge in [0.2, 0.25) is 0 Å². The highest BCUT2D eigenvalue weighted by Gasteiger charge is 2.47. The van der Waals surface area contributed by atoms with Crippen LogP contribution in [0.3, 0.4) is 0 Å². The Kier molecular flexibility index (Phi) is 13.7. The maximum Gasteiger partial charge on any atom is 0.297 e. The van der Waals surface area contributed by atoms with E-state index in [1.54, 1.807) is 42.5 Å². The quantitative estimate of drug-likeness (QED) is 0.148. The summed E-state index contributed by atoms with van der Waals surface area (Å²) in [6.07, 6.45) is 0. The first-order valence-corrected chi connectivity index (χ1v) is 23.6. The number of aryl methyl sites for hydroxylation is 2. The van der Waals surface area contributed by atoms with Crippen molar-refractivity contribution in [2.75, 3.05) is 37.9 Å². The van der Waals surface area contributed by atoms with Crippen molar-refractivity contribution in [3.63, 3.8) is 0 Å². The number of benzene rings is 4. The summed E-state index contributed by atoms with van der Waals surface area (Å²) < 4.78 is 63.9. The normalized spacial score (nSPS) is 16.5. The van der Waals surface area contributed by atoms with E-state index in [0.717, 1.165) is 32.0 Å². The van der Waals surface area contributed by atoms with E-state index in [9.17, 15) is 36.6 Å². The molecular weight excluding hydrogens is 817 g/mol. The molecule has 0 aliphatic carbocycles. The van der Waals surface area contributed by atoms with Gasteiger partial charge in [-0.1, -0.05) is 102 Å². The fraction of sp³-hybridized carbons (Fsp3) is 0.409. The second-order valence-corrected chi connectivity index (χ2v) is 22.2. The maximum absolute atomic E-state index is 13.9. The highest BCUT2D eigenvalue weighted by atomic mass is 32.2. The molecule has 0 amide bonds. The van der Waals surface area contributed by atoms with E-state index in [4.69, 9.17) is 8.37 Å². The zero-order valence-corrected chi connectivity index (χ0v) is 37.4. The number of carbonyl (C=O) groups is 2. The summed E-state index contributed by atoms with van der Waals surface area (Å²) in [7, 11) is -8.52. The van der Waals surface area contributed by atoms with Crippen molar-refractivity contribution in [1.29, 1.82) is 0 Å². The standard InChI is InChI=1S/C32H38O7S3.C12H14O3S/c1-22-9-8-10-27-28(22)40-21-32(29(27)33,19-38-41(34,35)25-15-11-23(12-16-25)30(2,3)4)20-39-42(36,37)26-17-13-24(14-18-26)31(5,6)7;1-8-3-2-4-9-10(8)16-7-12(5-13,6-14)11(9)15/h8-18H,19-21H2,1-7H3;2-4,13-14H,5-7H2,1H3. The van der Waals surface area contributed by atoms with Crippen molar-refractivity contribution in [2.24, 2.45) is 10.8 Å². The molecule has 0 bridgehead atoms. The van der Waals surface area contributed by atoms with Gasteiger partial charge in [0.25, 0.3) is 20.2 Å². The van der Waals surface area contributed by atoms with Crippen molar-refractivity contribution in [1.82, 2.24) is 0 Å². The van der Waals surface area contributed by atoms with Crippen LogP contribution in [0.4, 0.5) is 0 Å². The number of aliphatic hydroxyl groups is 2. The summed E-state index contributed by atoms with van der Waals surface area (Å²) in [5, 5.41) is 18.6. The van der Waals surface area contributed by atoms with Crippen molar-refractivity contribution in [2.45, 2.75) is 85.8 Å². The zero-order valence-electron chi connectivity index (χ0n) is 34.1. The van der Waals surface area contributed by atoms with Gasteiger partial charge < -0.3 is 10.2 Å². The molecule has 10 nitrogen and oxygen atoms in total. The topological polar surface area (TPSA) is 161 Å². The highest BCUT2D eigenvalue weighted by Crippen LogP contribution is 2.44. The van der Waals surface area contributed by atoms with Crippen LogP contribution in [-0.2, 0) is 39.4 Å². The van der Waals surface area contributed by atoms with E-state index in [0.29, 0.717) is 16.9 Å². The lowest BCUT2D eigenvalue weighted by atomic mass is 9.82. The number of rotatable bonds is 10. The smallest absolute Gasteiger partial charge is 0.297 e. The Morgan fingerprint density at radius 3 is 1.26 bits per heavy atom. The van der Waals surface area contributed by atoms with Crippen LogP contribution in [-0.4, -0.2) is 76.5 Å². The molecule has 0 saturated carbocycles. The number of Topliss-reactive ketones (excluding diaryl/α,β-unsaturated/α-hetero) is 2. The number of carbonyl (C=O) groups excluding carboxylic acids is 2. The molecular formula is C44H52O10S4. The molecule has 2 heterocycles. The Hall–Kier alpha value is -3.34. The van der Waals surface area contributed by atoms with E-state index >= 15 is 0 Å². The molecule has 0 atom stereocenters. The van der Waals surface area contributed by atoms with Crippen LogP contribution >= 0.6 is 23.5 Å². The van der Waals surface area contributed by atoms with Gasteiger partial charge in [0.15, 0.2) is 11.6 Å². The molecule has 0 saturated heterocycles. The predicted molar refractivity (Wildman–Crippen MR) is 228 cm³/mol. The van der Waals surface area contributed by atoms with Crippen molar-refractivity contribution in [3.05, 3.63) is 118 Å². The Bertz CT molecular complexity index is 2280. The van der Waals surface area contributed by atoms with E-state index in [1.807, 2.05) is 73.6 Å². The summed E-state index contributed by atoms with van der Waals surface area (Å²) >= 11 is 2.89. The van der Waals surface area contributed by atoms with Crippen molar-refractivity contribution >= 4 is 55.3 Å².